The molecule has 2 aromatic rings. The molecule has 116 valence electrons. The summed E-state index contributed by atoms with van der Waals surface area (Å²) in [6.07, 6.45) is 3.63. The van der Waals surface area contributed by atoms with Crippen LogP contribution in [0, 0.1) is 13.8 Å². The first-order valence-corrected chi connectivity index (χ1v) is 8.27. The van der Waals surface area contributed by atoms with Crippen LogP contribution in [0.25, 0.3) is 16.5 Å². The Kier molecular flexibility index (Phi) is 3.85. The lowest BCUT2D eigenvalue weighted by Gasteiger charge is -2.41. The number of rotatable bonds is 0. The third-order valence-corrected chi connectivity index (χ3v) is 4.38. The largest absolute Gasteiger partial charge is 0.349 e. The summed E-state index contributed by atoms with van der Waals surface area (Å²) >= 11 is 0. The van der Waals surface area contributed by atoms with Gasteiger partial charge in [0.2, 0.25) is 0 Å². The van der Waals surface area contributed by atoms with E-state index in [2.05, 4.69) is 22.5 Å². The Labute approximate surface area is 132 Å². The van der Waals surface area contributed by atoms with E-state index in [1.54, 1.807) is 0 Å². The Balaban J connectivity index is 0.000000693. The molecular weight excluding hydrogens is 272 g/mol. The SMILES string of the molecule is C=C1c2nc(C)cc3nc(C)nc(c23)N2CCCCC12.CC. The van der Waals surface area contributed by atoms with Gasteiger partial charge in [-0.05, 0) is 44.7 Å². The molecule has 0 N–H and O–H groups in total. The van der Waals surface area contributed by atoms with Crippen molar-refractivity contribution >= 4 is 22.3 Å². The Morgan fingerprint density at radius 3 is 2.68 bits per heavy atom. The zero-order chi connectivity index (χ0) is 15.9. The summed E-state index contributed by atoms with van der Waals surface area (Å²) in [4.78, 5) is 16.4. The summed E-state index contributed by atoms with van der Waals surface area (Å²) < 4.78 is 0. The highest BCUT2D eigenvalue weighted by atomic mass is 15.2. The van der Waals surface area contributed by atoms with Crippen LogP contribution in [0.5, 0.6) is 0 Å². The minimum absolute atomic E-state index is 0.364. The summed E-state index contributed by atoms with van der Waals surface area (Å²) in [6, 6.07) is 2.41. The van der Waals surface area contributed by atoms with Gasteiger partial charge in [0.05, 0.1) is 22.6 Å². The molecule has 2 aliphatic rings. The van der Waals surface area contributed by atoms with Crippen molar-refractivity contribution in [3.63, 3.8) is 0 Å². The first-order chi connectivity index (χ1) is 10.6. The molecule has 4 nitrogen and oxygen atoms in total. The van der Waals surface area contributed by atoms with E-state index < -0.39 is 0 Å². The van der Waals surface area contributed by atoms with Gasteiger partial charge in [-0.15, -0.1) is 0 Å². The Morgan fingerprint density at radius 1 is 1.14 bits per heavy atom. The number of nitrogens with zero attached hydrogens (tertiary/aromatic N) is 4. The van der Waals surface area contributed by atoms with Gasteiger partial charge in [0.15, 0.2) is 0 Å². The fourth-order valence-electron chi connectivity index (χ4n) is 3.52. The molecule has 4 heterocycles. The summed E-state index contributed by atoms with van der Waals surface area (Å²) in [5.41, 5.74) is 4.15. The van der Waals surface area contributed by atoms with Crippen molar-refractivity contribution < 1.29 is 0 Å². The second-order valence-electron chi connectivity index (χ2n) is 5.83. The molecule has 1 saturated heterocycles. The van der Waals surface area contributed by atoms with Crippen LogP contribution in [0.4, 0.5) is 5.82 Å². The monoisotopic (exact) mass is 296 g/mol. The van der Waals surface area contributed by atoms with Crippen LogP contribution in [-0.2, 0) is 0 Å². The minimum Gasteiger partial charge on any atom is -0.349 e. The third kappa shape index (κ3) is 2.18. The summed E-state index contributed by atoms with van der Waals surface area (Å²) in [5, 5.41) is 1.09. The maximum absolute atomic E-state index is 4.73. The molecule has 1 unspecified atom stereocenters. The van der Waals surface area contributed by atoms with Crippen molar-refractivity contribution in [3.05, 3.63) is 29.9 Å². The highest BCUT2D eigenvalue weighted by Gasteiger charge is 2.34. The van der Waals surface area contributed by atoms with E-state index >= 15 is 0 Å². The second-order valence-corrected chi connectivity index (χ2v) is 5.83. The number of pyridine rings is 1. The normalized spacial score (nSPS) is 19.5. The molecule has 4 heteroatoms. The van der Waals surface area contributed by atoms with E-state index in [0.717, 1.165) is 52.5 Å². The van der Waals surface area contributed by atoms with E-state index in [1.165, 1.54) is 12.8 Å². The van der Waals surface area contributed by atoms with Crippen LogP contribution in [0.2, 0.25) is 0 Å². The van der Waals surface area contributed by atoms with E-state index in [-0.39, 0.29) is 0 Å². The highest BCUT2D eigenvalue weighted by Crippen LogP contribution is 2.42. The fraction of sp³-hybridized carbons (Fsp3) is 0.500. The van der Waals surface area contributed by atoms with Crippen LogP contribution in [0.3, 0.4) is 0 Å². The van der Waals surface area contributed by atoms with Crippen LogP contribution >= 0.6 is 0 Å². The van der Waals surface area contributed by atoms with Gasteiger partial charge >= 0.3 is 0 Å². The second kappa shape index (κ2) is 5.67. The zero-order valence-corrected chi connectivity index (χ0v) is 14.0. The van der Waals surface area contributed by atoms with Gasteiger partial charge in [-0.2, -0.15) is 0 Å². The minimum atomic E-state index is 0.364. The first-order valence-electron chi connectivity index (χ1n) is 8.27. The zero-order valence-electron chi connectivity index (χ0n) is 14.0. The van der Waals surface area contributed by atoms with Crippen LogP contribution < -0.4 is 4.90 Å². The molecule has 0 spiro atoms. The summed E-state index contributed by atoms with van der Waals surface area (Å²) in [5.74, 6) is 1.90. The van der Waals surface area contributed by atoms with E-state index in [1.807, 2.05) is 27.7 Å². The smallest absolute Gasteiger partial charge is 0.142 e. The van der Waals surface area contributed by atoms with Crippen LogP contribution in [0.1, 0.15) is 50.3 Å². The van der Waals surface area contributed by atoms with E-state index in [9.17, 15) is 0 Å². The Morgan fingerprint density at radius 2 is 1.91 bits per heavy atom. The molecule has 0 aliphatic carbocycles. The number of hydrogen-bond donors (Lipinski definition) is 0. The first kappa shape index (κ1) is 14.9. The van der Waals surface area contributed by atoms with Crippen molar-refractivity contribution in [2.75, 3.05) is 11.4 Å². The number of aryl methyl sites for hydroxylation is 2. The van der Waals surface area contributed by atoms with Crippen molar-refractivity contribution in [3.8, 4) is 0 Å². The topological polar surface area (TPSA) is 41.9 Å². The molecule has 0 amide bonds. The molecule has 2 aromatic heterocycles. The van der Waals surface area contributed by atoms with Gasteiger partial charge < -0.3 is 4.90 Å². The molecule has 22 heavy (non-hydrogen) atoms. The number of piperidine rings is 1. The molecule has 1 atom stereocenters. The van der Waals surface area contributed by atoms with Crippen LogP contribution in [0.15, 0.2) is 12.6 Å². The van der Waals surface area contributed by atoms with E-state index in [0.29, 0.717) is 6.04 Å². The van der Waals surface area contributed by atoms with Crippen molar-refractivity contribution in [1.29, 1.82) is 0 Å². The third-order valence-electron chi connectivity index (χ3n) is 4.38. The van der Waals surface area contributed by atoms with E-state index in [4.69, 9.17) is 9.97 Å². The molecule has 0 saturated carbocycles. The maximum atomic E-state index is 4.73. The molecule has 0 bridgehead atoms. The Hall–Kier alpha value is -1.97. The standard InChI is InChI=1S/C16H18N4.C2H6/c1-9-8-12-14-15(17-9)10(2)13-6-4-5-7-20(13)16(14)19-11(3)18-12;1-2/h8,13H,2,4-7H2,1,3H3;1-2H3. The van der Waals surface area contributed by atoms with Gasteiger partial charge in [-0.1, -0.05) is 20.4 Å². The predicted octanol–water partition coefficient (Wildman–Crippen LogP) is 4.05. The lowest BCUT2D eigenvalue weighted by molar-refractivity contribution is 0.516. The number of fused-ring (bicyclic) bond motifs is 2. The average molecular weight is 296 g/mol. The number of hydrogen-bond acceptors (Lipinski definition) is 4. The molecule has 1 fully saturated rings. The van der Waals surface area contributed by atoms with Crippen molar-refractivity contribution in [1.82, 2.24) is 15.0 Å². The fourth-order valence-corrected chi connectivity index (χ4v) is 3.52. The average Bonchev–Trinajstić information content (AvgIpc) is 2.53. The van der Waals surface area contributed by atoms with Gasteiger partial charge in [0, 0.05) is 12.2 Å². The molecule has 2 aliphatic heterocycles. The Bertz CT molecular complexity index is 730. The summed E-state index contributed by atoms with van der Waals surface area (Å²) in [6.45, 7) is 13.4. The maximum Gasteiger partial charge on any atom is 0.142 e. The van der Waals surface area contributed by atoms with Gasteiger partial charge in [0.25, 0.3) is 0 Å². The molecular formula is C18H24N4. The predicted molar refractivity (Wildman–Crippen MR) is 92.2 cm³/mol. The molecule has 4 rings (SSSR count). The lowest BCUT2D eigenvalue weighted by Crippen LogP contribution is -2.43. The quantitative estimate of drug-likeness (QED) is 0.735. The number of aromatic nitrogens is 3. The number of anilines is 1. The summed E-state index contributed by atoms with van der Waals surface area (Å²) in [7, 11) is 0. The van der Waals surface area contributed by atoms with Crippen LogP contribution in [-0.4, -0.2) is 27.5 Å². The van der Waals surface area contributed by atoms with Gasteiger partial charge in [-0.25, -0.2) is 9.97 Å². The molecule has 0 radical (unpaired) electrons. The highest BCUT2D eigenvalue weighted by molar-refractivity contribution is 6.02. The lowest BCUT2D eigenvalue weighted by atomic mass is 9.88. The van der Waals surface area contributed by atoms with Crippen molar-refractivity contribution in [2.45, 2.75) is 53.0 Å². The molecule has 0 aromatic carbocycles. The van der Waals surface area contributed by atoms with Gasteiger partial charge in [-0.3, -0.25) is 4.98 Å². The van der Waals surface area contributed by atoms with Gasteiger partial charge in [0.1, 0.15) is 11.6 Å². The van der Waals surface area contributed by atoms with Crippen molar-refractivity contribution in [2.24, 2.45) is 0 Å².